The van der Waals surface area contributed by atoms with E-state index in [0.717, 1.165) is 5.69 Å². The highest BCUT2D eigenvalue weighted by molar-refractivity contribution is 6.07. The molecule has 0 spiro atoms. The molecule has 6 heteroatoms. The highest BCUT2D eigenvalue weighted by Gasteiger charge is 2.08. The molecule has 2 heterocycles. The summed E-state index contributed by atoms with van der Waals surface area (Å²) in [6, 6.07) is 7.40. The first kappa shape index (κ1) is 17.5. The Morgan fingerprint density at radius 2 is 2.08 bits per heavy atom. The highest BCUT2D eigenvalue weighted by Crippen LogP contribution is 2.26. The van der Waals surface area contributed by atoms with E-state index in [-0.39, 0.29) is 0 Å². The number of nitrogens with two attached hydrogens (primary N) is 1. The molecule has 2 aromatic heterocycles. The van der Waals surface area contributed by atoms with Crippen LogP contribution in [0.5, 0.6) is 11.5 Å². The normalized spacial score (nSPS) is 11.5. The lowest BCUT2D eigenvalue weighted by atomic mass is 10.2. The first-order valence-corrected chi connectivity index (χ1v) is 7.72. The largest absolute Gasteiger partial charge is 0.455 e. The van der Waals surface area contributed by atoms with Crippen LogP contribution in [-0.4, -0.2) is 34.2 Å². The second-order valence-electron chi connectivity index (χ2n) is 5.79. The fourth-order valence-corrected chi connectivity index (χ4v) is 1.98. The van der Waals surface area contributed by atoms with Crippen LogP contribution >= 0.6 is 0 Å². The molecule has 0 amide bonds. The number of hydrogen-bond acceptors (Lipinski definition) is 6. The van der Waals surface area contributed by atoms with Crippen molar-refractivity contribution in [3.8, 4) is 11.5 Å². The van der Waals surface area contributed by atoms with E-state index in [9.17, 15) is 0 Å². The Kier molecular flexibility index (Phi) is 5.52. The van der Waals surface area contributed by atoms with Gasteiger partial charge in [0.25, 0.3) is 0 Å². The van der Waals surface area contributed by atoms with Gasteiger partial charge in [-0.1, -0.05) is 0 Å². The van der Waals surface area contributed by atoms with Gasteiger partial charge in [0.1, 0.15) is 17.3 Å². The molecule has 0 bridgehead atoms. The molecule has 3 N–H and O–H groups in total. The van der Waals surface area contributed by atoms with E-state index in [0.29, 0.717) is 34.6 Å². The molecule has 0 saturated carbocycles. The molecule has 0 aliphatic heterocycles. The summed E-state index contributed by atoms with van der Waals surface area (Å²) in [4.78, 5) is 10.6. The first-order valence-electron chi connectivity index (χ1n) is 7.72. The molecule has 0 radical (unpaired) electrons. The van der Waals surface area contributed by atoms with Crippen molar-refractivity contribution in [2.24, 2.45) is 0 Å². The SMILES string of the molecule is Cc1nc(N)ccc1Oc1ccnc(/C(C=N)=C/N(C)C(C)C)c1. The van der Waals surface area contributed by atoms with Gasteiger partial charge in [-0.15, -0.1) is 0 Å². The summed E-state index contributed by atoms with van der Waals surface area (Å²) in [5, 5.41) is 7.66. The summed E-state index contributed by atoms with van der Waals surface area (Å²) in [7, 11) is 1.97. The second kappa shape index (κ2) is 7.59. The average Bonchev–Trinajstić information content (AvgIpc) is 2.55. The molecule has 2 rings (SSSR count). The van der Waals surface area contributed by atoms with Gasteiger partial charge in [0.2, 0.25) is 0 Å². The van der Waals surface area contributed by atoms with E-state index in [1.165, 1.54) is 6.21 Å². The summed E-state index contributed by atoms with van der Waals surface area (Å²) in [6.45, 7) is 6.01. The maximum Gasteiger partial charge on any atom is 0.148 e. The zero-order valence-electron chi connectivity index (χ0n) is 14.4. The number of nitrogens with one attached hydrogen (secondary N) is 1. The summed E-state index contributed by atoms with van der Waals surface area (Å²) in [5.74, 6) is 1.73. The van der Waals surface area contributed by atoms with Crippen LogP contribution in [-0.2, 0) is 0 Å². The molecule has 0 fully saturated rings. The maximum atomic E-state index is 7.66. The minimum Gasteiger partial charge on any atom is -0.455 e. The van der Waals surface area contributed by atoms with Gasteiger partial charge >= 0.3 is 0 Å². The smallest absolute Gasteiger partial charge is 0.148 e. The van der Waals surface area contributed by atoms with Crippen molar-refractivity contribution in [1.82, 2.24) is 14.9 Å². The number of nitrogens with zero attached hydrogens (tertiary/aromatic N) is 3. The molecule has 126 valence electrons. The Morgan fingerprint density at radius 1 is 1.33 bits per heavy atom. The van der Waals surface area contributed by atoms with Gasteiger partial charge in [-0.2, -0.15) is 0 Å². The van der Waals surface area contributed by atoms with E-state index in [1.54, 1.807) is 30.5 Å². The summed E-state index contributed by atoms with van der Waals surface area (Å²) < 4.78 is 5.88. The van der Waals surface area contributed by atoms with Crippen LogP contribution < -0.4 is 10.5 Å². The molecular formula is C18H23N5O. The minimum absolute atomic E-state index is 0.336. The van der Waals surface area contributed by atoms with Gasteiger partial charge in [0.05, 0.1) is 11.4 Å². The van der Waals surface area contributed by atoms with E-state index in [4.69, 9.17) is 15.9 Å². The lowest BCUT2D eigenvalue weighted by Gasteiger charge is -2.20. The van der Waals surface area contributed by atoms with Crippen LogP contribution in [0, 0.1) is 12.3 Å². The minimum atomic E-state index is 0.336. The van der Waals surface area contributed by atoms with Crippen molar-refractivity contribution >= 4 is 17.6 Å². The van der Waals surface area contributed by atoms with E-state index < -0.39 is 0 Å². The fourth-order valence-electron chi connectivity index (χ4n) is 1.98. The molecule has 0 aliphatic carbocycles. The zero-order valence-corrected chi connectivity index (χ0v) is 14.4. The average molecular weight is 325 g/mol. The molecule has 0 saturated heterocycles. The van der Waals surface area contributed by atoms with Crippen molar-refractivity contribution in [3.63, 3.8) is 0 Å². The summed E-state index contributed by atoms with van der Waals surface area (Å²) in [5.41, 5.74) is 7.77. The Hall–Kier alpha value is -2.89. The van der Waals surface area contributed by atoms with Crippen LogP contribution in [0.15, 0.2) is 36.7 Å². The Balaban J connectivity index is 2.29. The lowest BCUT2D eigenvalue weighted by Crippen LogP contribution is -2.20. The summed E-state index contributed by atoms with van der Waals surface area (Å²) in [6.07, 6.45) is 4.86. The zero-order chi connectivity index (χ0) is 17.7. The van der Waals surface area contributed by atoms with E-state index in [2.05, 4.69) is 23.8 Å². The second-order valence-corrected chi connectivity index (χ2v) is 5.79. The number of nitrogen functional groups attached to an aromatic ring is 1. The monoisotopic (exact) mass is 325 g/mol. The molecular weight excluding hydrogens is 302 g/mol. The van der Waals surface area contributed by atoms with Crippen molar-refractivity contribution in [2.45, 2.75) is 26.8 Å². The number of aryl methyl sites for hydroxylation is 1. The van der Waals surface area contributed by atoms with Gasteiger partial charge in [0, 0.05) is 43.3 Å². The van der Waals surface area contributed by atoms with E-state index >= 15 is 0 Å². The number of aromatic nitrogens is 2. The maximum absolute atomic E-state index is 7.66. The third kappa shape index (κ3) is 4.32. The number of rotatable bonds is 6. The van der Waals surface area contributed by atoms with Gasteiger partial charge in [-0.25, -0.2) is 4.98 Å². The van der Waals surface area contributed by atoms with Crippen LogP contribution in [0.2, 0.25) is 0 Å². The van der Waals surface area contributed by atoms with Crippen LogP contribution in [0.3, 0.4) is 0 Å². The molecule has 0 aromatic carbocycles. The molecule has 24 heavy (non-hydrogen) atoms. The number of anilines is 1. The lowest BCUT2D eigenvalue weighted by molar-refractivity contribution is 0.377. The predicted molar refractivity (Wildman–Crippen MR) is 97.4 cm³/mol. The first-order chi connectivity index (χ1) is 11.4. The van der Waals surface area contributed by atoms with Crippen molar-refractivity contribution in [3.05, 3.63) is 48.1 Å². The Bertz CT molecular complexity index is 755. The van der Waals surface area contributed by atoms with Crippen LogP contribution in [0.4, 0.5) is 5.82 Å². The molecule has 0 aliphatic rings. The number of ether oxygens (including phenoxy) is 1. The molecule has 0 atom stereocenters. The Labute approximate surface area is 142 Å². The number of pyridine rings is 2. The summed E-state index contributed by atoms with van der Waals surface area (Å²) >= 11 is 0. The number of hydrogen-bond donors (Lipinski definition) is 2. The standard InChI is InChI=1S/C18H23N5O/c1-12(2)23(4)11-14(10-19)16-9-15(7-8-21-16)24-17-5-6-18(20)22-13(17)3/h5-12,19H,1-4H3,(H2,20,22)/b14-11+,19-10?. The van der Waals surface area contributed by atoms with E-state index in [1.807, 2.05) is 25.1 Å². The van der Waals surface area contributed by atoms with Crippen molar-refractivity contribution in [1.29, 1.82) is 5.41 Å². The molecule has 2 aromatic rings. The predicted octanol–water partition coefficient (Wildman–Crippen LogP) is 3.49. The van der Waals surface area contributed by atoms with Crippen LogP contribution in [0.1, 0.15) is 25.2 Å². The van der Waals surface area contributed by atoms with Gasteiger partial charge in [0.15, 0.2) is 0 Å². The topological polar surface area (TPSA) is 88.1 Å². The molecule has 6 nitrogen and oxygen atoms in total. The quantitative estimate of drug-likeness (QED) is 0.794. The van der Waals surface area contributed by atoms with Gasteiger partial charge in [-0.05, 0) is 39.0 Å². The van der Waals surface area contributed by atoms with Crippen LogP contribution in [0.25, 0.3) is 5.57 Å². The third-order valence-electron chi connectivity index (χ3n) is 3.63. The van der Waals surface area contributed by atoms with Gasteiger partial charge in [-0.3, -0.25) is 4.98 Å². The number of allylic oxidation sites excluding steroid dienone is 1. The fraction of sp³-hybridized carbons (Fsp3) is 0.278. The molecule has 0 unspecified atom stereocenters. The highest BCUT2D eigenvalue weighted by atomic mass is 16.5. The van der Waals surface area contributed by atoms with Crippen molar-refractivity contribution < 1.29 is 4.74 Å². The Morgan fingerprint density at radius 3 is 2.71 bits per heavy atom. The third-order valence-corrected chi connectivity index (χ3v) is 3.63. The van der Waals surface area contributed by atoms with Crippen molar-refractivity contribution in [2.75, 3.05) is 12.8 Å². The van der Waals surface area contributed by atoms with Gasteiger partial charge < -0.3 is 20.8 Å².